The predicted molar refractivity (Wildman–Crippen MR) is 142 cm³/mol. The predicted octanol–water partition coefficient (Wildman–Crippen LogP) is 8.03. The first-order chi connectivity index (χ1) is 17.2. The summed E-state index contributed by atoms with van der Waals surface area (Å²) in [5.74, 6) is 0. The zero-order valence-corrected chi connectivity index (χ0v) is 19.4. The third-order valence-electron chi connectivity index (χ3n) is 6.76. The van der Waals surface area contributed by atoms with Crippen molar-refractivity contribution < 1.29 is 4.42 Å². The van der Waals surface area contributed by atoms with Gasteiger partial charge in [-0.05, 0) is 79.1 Å². The highest BCUT2D eigenvalue weighted by atomic mass is 16.3. The fourth-order valence-electron chi connectivity index (χ4n) is 5.02. The molecule has 4 aromatic heterocycles. The Morgan fingerprint density at radius 2 is 1.54 bits per heavy atom. The highest BCUT2D eigenvalue weighted by Gasteiger charge is 2.16. The van der Waals surface area contributed by atoms with Crippen LogP contribution in [-0.2, 0) is 0 Å². The number of aromatic nitrogens is 3. The zero-order valence-electron chi connectivity index (χ0n) is 19.4. The molecule has 0 aliphatic heterocycles. The summed E-state index contributed by atoms with van der Waals surface area (Å²) in [6.45, 7) is 4.14. The molecular formula is C31H21N3O. The zero-order chi connectivity index (χ0) is 23.5. The van der Waals surface area contributed by atoms with Gasteiger partial charge in [0.1, 0.15) is 11.1 Å². The minimum atomic E-state index is 0.822. The van der Waals surface area contributed by atoms with Crippen LogP contribution in [0.2, 0.25) is 0 Å². The summed E-state index contributed by atoms with van der Waals surface area (Å²) in [6.07, 6.45) is 3.71. The van der Waals surface area contributed by atoms with Gasteiger partial charge >= 0.3 is 0 Å². The van der Waals surface area contributed by atoms with Crippen LogP contribution in [0.1, 0.15) is 11.3 Å². The van der Waals surface area contributed by atoms with Gasteiger partial charge in [0.05, 0.1) is 11.2 Å². The summed E-state index contributed by atoms with van der Waals surface area (Å²) < 4.78 is 6.52. The van der Waals surface area contributed by atoms with Crippen LogP contribution in [0.5, 0.6) is 0 Å². The molecule has 7 rings (SSSR count). The lowest BCUT2D eigenvalue weighted by Gasteiger charge is -2.10. The van der Waals surface area contributed by atoms with Crippen molar-refractivity contribution in [1.82, 2.24) is 15.0 Å². The molecule has 0 unspecified atom stereocenters. The van der Waals surface area contributed by atoms with Crippen LogP contribution in [0.15, 0.2) is 95.7 Å². The molecule has 0 radical (unpaired) electrons. The highest BCUT2D eigenvalue weighted by molar-refractivity contribution is 6.16. The van der Waals surface area contributed by atoms with Crippen LogP contribution in [0.3, 0.4) is 0 Å². The second-order valence-electron chi connectivity index (χ2n) is 9.04. The van der Waals surface area contributed by atoms with E-state index in [1.165, 1.54) is 11.1 Å². The molecule has 0 saturated carbocycles. The first kappa shape index (κ1) is 19.9. The lowest BCUT2D eigenvalue weighted by molar-refractivity contribution is 0.672. The van der Waals surface area contributed by atoms with E-state index in [4.69, 9.17) is 14.4 Å². The van der Waals surface area contributed by atoms with Gasteiger partial charge in [-0.1, -0.05) is 30.3 Å². The van der Waals surface area contributed by atoms with E-state index in [9.17, 15) is 0 Å². The number of pyridine rings is 3. The quantitative estimate of drug-likeness (QED) is 0.267. The van der Waals surface area contributed by atoms with Gasteiger partial charge < -0.3 is 4.42 Å². The normalized spacial score (nSPS) is 11.7. The lowest BCUT2D eigenvalue weighted by Crippen LogP contribution is -1.89. The third kappa shape index (κ3) is 3.11. The molecular weight excluding hydrogens is 430 g/mol. The number of aryl methyl sites for hydroxylation is 2. The molecule has 0 aliphatic rings. The molecule has 0 bridgehead atoms. The monoisotopic (exact) mass is 451 g/mol. The molecule has 4 heteroatoms. The van der Waals surface area contributed by atoms with Crippen molar-refractivity contribution in [2.24, 2.45) is 0 Å². The van der Waals surface area contributed by atoms with Crippen LogP contribution < -0.4 is 0 Å². The number of furan rings is 1. The number of hydrogen-bond acceptors (Lipinski definition) is 4. The third-order valence-corrected chi connectivity index (χ3v) is 6.76. The maximum Gasteiger partial charge on any atom is 0.161 e. The van der Waals surface area contributed by atoms with Crippen molar-refractivity contribution >= 4 is 43.7 Å². The van der Waals surface area contributed by atoms with E-state index in [2.05, 4.69) is 78.6 Å². The molecule has 0 fully saturated rings. The number of hydrogen-bond donors (Lipinski definition) is 0. The van der Waals surface area contributed by atoms with Gasteiger partial charge in [-0.3, -0.25) is 9.97 Å². The molecule has 4 nitrogen and oxygen atoms in total. The summed E-state index contributed by atoms with van der Waals surface area (Å²) in [7, 11) is 0. The van der Waals surface area contributed by atoms with Crippen molar-refractivity contribution in [3.8, 4) is 22.4 Å². The minimum absolute atomic E-state index is 0.822. The van der Waals surface area contributed by atoms with Crippen molar-refractivity contribution in [1.29, 1.82) is 0 Å². The standard InChI is InChI=1S/C31H21N3O/c1-18-15-27-22(5-4-13-32-27)16-26(18)21-12-14-33-28(17-21)25-7-3-6-23-24-11-10-20-9-8-19(2)34-29(20)31(24)35-30(23)25/h3-17H,1-2H3. The van der Waals surface area contributed by atoms with E-state index >= 15 is 0 Å². The van der Waals surface area contributed by atoms with Crippen molar-refractivity contribution in [3.63, 3.8) is 0 Å². The smallest absolute Gasteiger partial charge is 0.161 e. The summed E-state index contributed by atoms with van der Waals surface area (Å²) in [5, 5.41) is 4.34. The minimum Gasteiger partial charge on any atom is -0.453 e. The molecule has 0 atom stereocenters. The Morgan fingerprint density at radius 1 is 0.657 bits per heavy atom. The van der Waals surface area contributed by atoms with E-state index in [0.717, 1.165) is 66.3 Å². The Kier molecular flexibility index (Phi) is 4.24. The highest BCUT2D eigenvalue weighted by Crippen LogP contribution is 2.38. The van der Waals surface area contributed by atoms with Crippen molar-refractivity contribution in [2.75, 3.05) is 0 Å². The Labute approximate surface area is 201 Å². The van der Waals surface area contributed by atoms with Crippen molar-refractivity contribution in [2.45, 2.75) is 13.8 Å². The molecule has 0 aliphatic carbocycles. The van der Waals surface area contributed by atoms with Gasteiger partial charge in [-0.25, -0.2) is 4.98 Å². The summed E-state index contributed by atoms with van der Waals surface area (Å²) in [5.41, 5.74) is 9.87. The molecule has 4 heterocycles. The van der Waals surface area contributed by atoms with Crippen LogP contribution in [0, 0.1) is 13.8 Å². The lowest BCUT2D eigenvalue weighted by atomic mass is 9.97. The van der Waals surface area contributed by atoms with E-state index in [1.807, 2.05) is 31.5 Å². The topological polar surface area (TPSA) is 51.8 Å². The van der Waals surface area contributed by atoms with Gasteiger partial charge in [0.25, 0.3) is 0 Å². The van der Waals surface area contributed by atoms with Crippen LogP contribution in [-0.4, -0.2) is 15.0 Å². The molecule has 7 aromatic rings. The first-order valence-corrected chi connectivity index (χ1v) is 11.7. The summed E-state index contributed by atoms with van der Waals surface area (Å²) in [6, 6.07) is 27.3. The molecule has 166 valence electrons. The number of fused-ring (bicyclic) bond motifs is 6. The number of nitrogens with zero attached hydrogens (tertiary/aromatic N) is 3. The van der Waals surface area contributed by atoms with E-state index in [1.54, 1.807) is 0 Å². The fraction of sp³-hybridized carbons (Fsp3) is 0.0645. The van der Waals surface area contributed by atoms with Gasteiger partial charge in [0, 0.05) is 45.2 Å². The second kappa shape index (κ2) is 7.47. The fourth-order valence-corrected chi connectivity index (χ4v) is 5.02. The Bertz CT molecular complexity index is 1930. The first-order valence-electron chi connectivity index (χ1n) is 11.7. The molecule has 0 N–H and O–H groups in total. The Balaban J connectivity index is 1.44. The number of benzene rings is 3. The number of para-hydroxylation sites is 1. The average molecular weight is 452 g/mol. The largest absolute Gasteiger partial charge is 0.453 e. The average Bonchev–Trinajstić information content (AvgIpc) is 3.28. The molecule has 0 amide bonds. The molecule has 3 aromatic carbocycles. The van der Waals surface area contributed by atoms with Gasteiger partial charge in [-0.2, -0.15) is 0 Å². The SMILES string of the molecule is Cc1ccc2ccc3c4cccc(-c5cc(-c6cc7cccnc7cc6C)ccn5)c4oc3c2n1. The Morgan fingerprint density at radius 3 is 2.49 bits per heavy atom. The van der Waals surface area contributed by atoms with Crippen LogP contribution in [0.25, 0.3) is 66.1 Å². The van der Waals surface area contributed by atoms with Crippen LogP contribution >= 0.6 is 0 Å². The van der Waals surface area contributed by atoms with E-state index in [0.29, 0.717) is 0 Å². The maximum absolute atomic E-state index is 6.52. The van der Waals surface area contributed by atoms with E-state index in [-0.39, 0.29) is 0 Å². The maximum atomic E-state index is 6.52. The molecule has 0 spiro atoms. The summed E-state index contributed by atoms with van der Waals surface area (Å²) >= 11 is 0. The molecule has 35 heavy (non-hydrogen) atoms. The van der Waals surface area contributed by atoms with Gasteiger partial charge in [0.2, 0.25) is 0 Å². The van der Waals surface area contributed by atoms with Crippen LogP contribution in [0.4, 0.5) is 0 Å². The van der Waals surface area contributed by atoms with E-state index < -0.39 is 0 Å². The van der Waals surface area contributed by atoms with Crippen molar-refractivity contribution in [3.05, 3.63) is 103 Å². The second-order valence-corrected chi connectivity index (χ2v) is 9.04. The van der Waals surface area contributed by atoms with Gasteiger partial charge in [0.15, 0.2) is 5.58 Å². The number of rotatable bonds is 2. The molecule has 0 saturated heterocycles. The van der Waals surface area contributed by atoms with Gasteiger partial charge in [-0.15, -0.1) is 0 Å². The Hall–Kier alpha value is -4.57. The summed E-state index contributed by atoms with van der Waals surface area (Å²) in [4.78, 5) is 14.0.